The predicted molar refractivity (Wildman–Crippen MR) is 86.2 cm³/mol. The first-order valence-electron chi connectivity index (χ1n) is 7.93. The molecule has 2 aliphatic heterocycles. The molecule has 0 radical (unpaired) electrons. The molecule has 0 spiro atoms. The third-order valence-corrected chi connectivity index (χ3v) is 4.69. The van der Waals surface area contributed by atoms with Gasteiger partial charge in [-0.1, -0.05) is 6.07 Å². The molecule has 2 aromatic rings. The zero-order valence-electron chi connectivity index (χ0n) is 13.3. The first-order valence-corrected chi connectivity index (χ1v) is 7.93. The van der Waals surface area contributed by atoms with Gasteiger partial charge in [0.05, 0.1) is 24.0 Å². The second-order valence-electron chi connectivity index (χ2n) is 6.29. The average Bonchev–Trinajstić information content (AvgIpc) is 3.15. The van der Waals surface area contributed by atoms with Gasteiger partial charge in [-0.25, -0.2) is 15.0 Å². The molecule has 0 saturated carbocycles. The van der Waals surface area contributed by atoms with E-state index in [1.165, 1.54) is 6.33 Å². The van der Waals surface area contributed by atoms with E-state index in [1.54, 1.807) is 28.3 Å². The van der Waals surface area contributed by atoms with Gasteiger partial charge in [0.25, 0.3) is 5.91 Å². The number of hydrogen-bond acceptors (Lipinski definition) is 5. The van der Waals surface area contributed by atoms with E-state index in [0.29, 0.717) is 25.3 Å². The highest BCUT2D eigenvalue weighted by Crippen LogP contribution is 2.35. The van der Waals surface area contributed by atoms with Crippen molar-refractivity contribution in [3.8, 4) is 0 Å². The first kappa shape index (κ1) is 14.7. The molecule has 2 aromatic heterocycles. The van der Waals surface area contributed by atoms with Crippen LogP contribution >= 0.6 is 0 Å². The van der Waals surface area contributed by atoms with Crippen molar-refractivity contribution in [3.63, 3.8) is 0 Å². The van der Waals surface area contributed by atoms with E-state index >= 15 is 0 Å². The second-order valence-corrected chi connectivity index (χ2v) is 6.29. The van der Waals surface area contributed by atoms with Gasteiger partial charge in [0.1, 0.15) is 12.0 Å². The van der Waals surface area contributed by atoms with E-state index in [4.69, 9.17) is 0 Å². The Labute approximate surface area is 139 Å². The van der Waals surface area contributed by atoms with Gasteiger partial charge in [-0.05, 0) is 19.1 Å². The van der Waals surface area contributed by atoms with Gasteiger partial charge in [0, 0.05) is 31.2 Å². The molecule has 0 N–H and O–H groups in total. The van der Waals surface area contributed by atoms with Crippen molar-refractivity contribution in [2.24, 2.45) is 11.8 Å². The summed E-state index contributed by atoms with van der Waals surface area (Å²) in [6, 6.07) is 5.41. The molecule has 24 heavy (non-hydrogen) atoms. The molecule has 2 atom stereocenters. The highest BCUT2D eigenvalue weighted by molar-refractivity contribution is 5.99. The summed E-state index contributed by atoms with van der Waals surface area (Å²) < 4.78 is 0. The van der Waals surface area contributed by atoms with E-state index in [2.05, 4.69) is 15.0 Å². The summed E-state index contributed by atoms with van der Waals surface area (Å²) in [6.45, 7) is 3.48. The number of amides is 2. The van der Waals surface area contributed by atoms with Gasteiger partial charge in [-0.15, -0.1) is 0 Å². The standard InChI is InChI=1S/C17H17N5O2/c1-11-3-2-4-15(20-11)17(24)21-7-12-8-22(16(23)14(12)9-21)13-5-18-10-19-6-13/h2-6,10,12,14H,7-9H2,1H3/t12-,14-/m1/s1. The Bertz CT molecular complexity index is 795. The van der Waals surface area contributed by atoms with Crippen LogP contribution < -0.4 is 4.90 Å². The number of rotatable bonds is 2. The van der Waals surface area contributed by atoms with Crippen molar-refractivity contribution in [1.82, 2.24) is 19.9 Å². The number of carbonyl (C=O) groups excluding carboxylic acids is 2. The molecule has 4 rings (SSSR count). The fourth-order valence-corrected chi connectivity index (χ4v) is 3.51. The Balaban J connectivity index is 1.49. The van der Waals surface area contributed by atoms with Gasteiger partial charge in [0.2, 0.25) is 5.91 Å². The molecule has 2 fully saturated rings. The summed E-state index contributed by atoms with van der Waals surface area (Å²) >= 11 is 0. The molecule has 2 saturated heterocycles. The molecule has 4 heterocycles. The van der Waals surface area contributed by atoms with Crippen LogP contribution in [0.2, 0.25) is 0 Å². The van der Waals surface area contributed by atoms with Gasteiger partial charge >= 0.3 is 0 Å². The molecule has 7 heteroatoms. The molecule has 7 nitrogen and oxygen atoms in total. The van der Waals surface area contributed by atoms with Crippen molar-refractivity contribution >= 4 is 17.5 Å². The number of pyridine rings is 1. The number of nitrogens with zero attached hydrogens (tertiary/aromatic N) is 5. The van der Waals surface area contributed by atoms with Gasteiger partial charge < -0.3 is 9.80 Å². The minimum Gasteiger partial charge on any atom is -0.336 e. The summed E-state index contributed by atoms with van der Waals surface area (Å²) in [5, 5.41) is 0. The van der Waals surface area contributed by atoms with Crippen molar-refractivity contribution in [3.05, 3.63) is 48.3 Å². The van der Waals surface area contributed by atoms with Crippen LogP contribution in [0.25, 0.3) is 0 Å². The van der Waals surface area contributed by atoms with E-state index in [-0.39, 0.29) is 23.7 Å². The van der Waals surface area contributed by atoms with Crippen LogP contribution in [0.1, 0.15) is 16.2 Å². The number of likely N-dealkylation sites (tertiary alicyclic amines) is 1. The maximum atomic E-state index is 12.7. The van der Waals surface area contributed by atoms with Crippen LogP contribution in [0.15, 0.2) is 36.9 Å². The molecular weight excluding hydrogens is 306 g/mol. The Hall–Kier alpha value is -2.83. The van der Waals surface area contributed by atoms with Crippen LogP contribution in [-0.4, -0.2) is 51.3 Å². The summed E-state index contributed by atoms with van der Waals surface area (Å²) in [7, 11) is 0. The number of aromatic nitrogens is 3. The number of anilines is 1. The van der Waals surface area contributed by atoms with Crippen molar-refractivity contribution in [1.29, 1.82) is 0 Å². The third kappa shape index (κ3) is 2.42. The lowest BCUT2D eigenvalue weighted by Gasteiger charge is -2.21. The average molecular weight is 323 g/mol. The molecule has 2 aliphatic rings. The minimum absolute atomic E-state index is 0.0438. The molecular formula is C17H17N5O2. The van der Waals surface area contributed by atoms with Crippen LogP contribution in [-0.2, 0) is 4.79 Å². The Morgan fingerprint density at radius 3 is 2.67 bits per heavy atom. The minimum atomic E-state index is -0.154. The molecule has 122 valence electrons. The van der Waals surface area contributed by atoms with E-state index in [1.807, 2.05) is 19.1 Å². The van der Waals surface area contributed by atoms with Crippen LogP contribution in [0.5, 0.6) is 0 Å². The second kappa shape index (κ2) is 5.67. The quantitative estimate of drug-likeness (QED) is 0.821. The predicted octanol–water partition coefficient (Wildman–Crippen LogP) is 0.915. The largest absolute Gasteiger partial charge is 0.336 e. The van der Waals surface area contributed by atoms with Crippen LogP contribution in [0, 0.1) is 18.8 Å². The zero-order chi connectivity index (χ0) is 16.7. The molecule has 2 amide bonds. The number of fused-ring (bicyclic) bond motifs is 1. The highest BCUT2D eigenvalue weighted by atomic mass is 16.2. The Morgan fingerprint density at radius 2 is 1.96 bits per heavy atom. The van der Waals surface area contributed by atoms with Crippen molar-refractivity contribution in [2.75, 3.05) is 24.5 Å². The summed E-state index contributed by atoms with van der Waals surface area (Å²) in [4.78, 5) is 41.0. The van der Waals surface area contributed by atoms with Gasteiger partial charge in [-0.2, -0.15) is 0 Å². The number of hydrogen-bond donors (Lipinski definition) is 0. The molecule has 0 bridgehead atoms. The summed E-state index contributed by atoms with van der Waals surface area (Å²) in [5.41, 5.74) is 1.97. The molecule has 0 unspecified atom stereocenters. The fourth-order valence-electron chi connectivity index (χ4n) is 3.51. The van der Waals surface area contributed by atoms with Crippen molar-refractivity contribution in [2.45, 2.75) is 6.92 Å². The van der Waals surface area contributed by atoms with Gasteiger partial charge in [-0.3, -0.25) is 9.59 Å². The first-order chi connectivity index (χ1) is 11.6. The van der Waals surface area contributed by atoms with Gasteiger partial charge in [0.15, 0.2) is 0 Å². The normalized spacial score (nSPS) is 22.8. The summed E-state index contributed by atoms with van der Waals surface area (Å²) in [6.07, 6.45) is 4.73. The Morgan fingerprint density at radius 1 is 1.17 bits per heavy atom. The lowest BCUT2D eigenvalue weighted by atomic mass is 10.0. The molecule has 0 aromatic carbocycles. The van der Waals surface area contributed by atoms with Crippen LogP contribution in [0.4, 0.5) is 5.69 Å². The van der Waals surface area contributed by atoms with Crippen LogP contribution in [0.3, 0.4) is 0 Å². The number of carbonyl (C=O) groups is 2. The smallest absolute Gasteiger partial charge is 0.272 e. The zero-order valence-corrected chi connectivity index (χ0v) is 13.3. The SMILES string of the molecule is Cc1cccc(C(=O)N2C[C@@H]3CN(c4cncnc4)C(=O)[C@@H]3C2)n1. The molecule has 0 aliphatic carbocycles. The lowest BCUT2D eigenvalue weighted by molar-refractivity contribution is -0.120. The topological polar surface area (TPSA) is 79.3 Å². The fraction of sp³-hybridized carbons (Fsp3) is 0.353. The Kier molecular flexibility index (Phi) is 3.48. The monoisotopic (exact) mass is 323 g/mol. The van der Waals surface area contributed by atoms with E-state index < -0.39 is 0 Å². The van der Waals surface area contributed by atoms with Crippen molar-refractivity contribution < 1.29 is 9.59 Å². The van der Waals surface area contributed by atoms with E-state index in [9.17, 15) is 9.59 Å². The maximum absolute atomic E-state index is 12.7. The van der Waals surface area contributed by atoms with E-state index in [0.717, 1.165) is 11.4 Å². The number of aryl methyl sites for hydroxylation is 1. The third-order valence-electron chi connectivity index (χ3n) is 4.69. The summed E-state index contributed by atoms with van der Waals surface area (Å²) in [5.74, 6) is -0.0665. The maximum Gasteiger partial charge on any atom is 0.272 e. The lowest BCUT2D eigenvalue weighted by Crippen LogP contribution is -2.36. The highest BCUT2D eigenvalue weighted by Gasteiger charge is 2.48.